The molecule has 1 rings (SSSR count). The zero-order valence-corrected chi connectivity index (χ0v) is 14.4. The summed E-state index contributed by atoms with van der Waals surface area (Å²) >= 11 is 0. The van der Waals surface area contributed by atoms with Crippen LogP contribution in [0.25, 0.3) is 0 Å². The molecule has 21 heavy (non-hydrogen) atoms. The van der Waals surface area contributed by atoms with Crippen LogP contribution in [0.1, 0.15) is 50.7 Å². The van der Waals surface area contributed by atoms with E-state index in [1.165, 1.54) is 5.56 Å². The van der Waals surface area contributed by atoms with Crippen molar-refractivity contribution in [2.45, 2.75) is 59.7 Å². The summed E-state index contributed by atoms with van der Waals surface area (Å²) in [5.74, 6) is 2.12. The van der Waals surface area contributed by atoms with Crippen molar-refractivity contribution < 1.29 is 9.15 Å². The summed E-state index contributed by atoms with van der Waals surface area (Å²) in [5, 5.41) is 3.32. The van der Waals surface area contributed by atoms with E-state index in [4.69, 9.17) is 9.15 Å². The molecule has 0 unspecified atom stereocenters. The van der Waals surface area contributed by atoms with Gasteiger partial charge in [-0.2, -0.15) is 0 Å². The van der Waals surface area contributed by atoms with Gasteiger partial charge in [-0.15, -0.1) is 0 Å². The highest BCUT2D eigenvalue weighted by atomic mass is 16.5. The Morgan fingerprint density at radius 1 is 1.29 bits per heavy atom. The van der Waals surface area contributed by atoms with Gasteiger partial charge in [0.2, 0.25) is 0 Å². The van der Waals surface area contributed by atoms with Crippen molar-refractivity contribution in [2.75, 3.05) is 26.8 Å². The summed E-state index contributed by atoms with van der Waals surface area (Å²) < 4.78 is 11.3. The molecule has 4 heteroatoms. The van der Waals surface area contributed by atoms with Crippen molar-refractivity contribution in [2.24, 2.45) is 0 Å². The van der Waals surface area contributed by atoms with E-state index in [-0.39, 0.29) is 0 Å². The van der Waals surface area contributed by atoms with Gasteiger partial charge in [-0.25, -0.2) is 0 Å². The van der Waals surface area contributed by atoms with Crippen molar-refractivity contribution in [3.05, 3.63) is 23.2 Å². The molecule has 0 spiro atoms. The molecule has 0 aliphatic heterocycles. The number of rotatable bonds is 11. The van der Waals surface area contributed by atoms with E-state index in [9.17, 15) is 0 Å². The van der Waals surface area contributed by atoms with E-state index in [0.29, 0.717) is 6.04 Å². The van der Waals surface area contributed by atoms with Crippen molar-refractivity contribution in [1.82, 2.24) is 10.2 Å². The van der Waals surface area contributed by atoms with Crippen LogP contribution in [0.4, 0.5) is 0 Å². The van der Waals surface area contributed by atoms with E-state index >= 15 is 0 Å². The maximum absolute atomic E-state index is 6.02. The first-order valence-corrected chi connectivity index (χ1v) is 8.18. The van der Waals surface area contributed by atoms with Crippen LogP contribution in [0, 0.1) is 6.92 Å². The Labute approximate surface area is 129 Å². The fraction of sp³-hybridized carbons (Fsp3) is 0.765. The predicted molar refractivity (Wildman–Crippen MR) is 87.5 cm³/mol. The minimum absolute atomic E-state index is 0.586. The Hall–Kier alpha value is -0.840. The summed E-state index contributed by atoms with van der Waals surface area (Å²) in [6, 6.07) is 2.76. The van der Waals surface area contributed by atoms with Crippen molar-refractivity contribution >= 4 is 0 Å². The molecule has 4 nitrogen and oxygen atoms in total. The van der Waals surface area contributed by atoms with E-state index < -0.39 is 0 Å². The molecule has 0 aromatic carbocycles. The third kappa shape index (κ3) is 5.81. The summed E-state index contributed by atoms with van der Waals surface area (Å²) in [7, 11) is 1.76. The molecule has 0 bridgehead atoms. The second-order valence-electron chi connectivity index (χ2n) is 5.53. The second kappa shape index (κ2) is 9.98. The number of nitrogens with one attached hydrogen (secondary N) is 1. The van der Waals surface area contributed by atoms with Crippen molar-refractivity contribution in [3.8, 4) is 0 Å². The highest BCUT2D eigenvalue weighted by Gasteiger charge is 2.17. The number of hydrogen-bond donors (Lipinski definition) is 1. The number of ether oxygens (including phenoxy) is 1. The molecule has 1 heterocycles. The molecule has 0 fully saturated rings. The van der Waals surface area contributed by atoms with E-state index in [0.717, 1.165) is 57.1 Å². The molecule has 0 amide bonds. The molecule has 0 saturated heterocycles. The Bertz CT molecular complexity index is 386. The predicted octanol–water partition coefficient (Wildman–Crippen LogP) is 3.33. The minimum Gasteiger partial charge on any atom is -0.463 e. The fourth-order valence-corrected chi connectivity index (χ4v) is 2.69. The van der Waals surface area contributed by atoms with Crippen LogP contribution in [0.2, 0.25) is 0 Å². The Balaban J connectivity index is 2.72. The normalized spacial score (nSPS) is 11.8. The summed E-state index contributed by atoms with van der Waals surface area (Å²) in [4.78, 5) is 2.47. The van der Waals surface area contributed by atoms with E-state index in [1.807, 2.05) is 0 Å². The van der Waals surface area contributed by atoms with Crippen LogP contribution >= 0.6 is 0 Å². The molecular weight excluding hydrogens is 264 g/mol. The molecule has 122 valence electrons. The largest absolute Gasteiger partial charge is 0.463 e. The molecule has 0 aliphatic rings. The first-order valence-electron chi connectivity index (χ1n) is 8.18. The van der Waals surface area contributed by atoms with Gasteiger partial charge in [-0.05, 0) is 37.9 Å². The topological polar surface area (TPSA) is 37.6 Å². The molecule has 0 atom stereocenters. The Morgan fingerprint density at radius 3 is 2.57 bits per heavy atom. The number of furan rings is 1. The molecule has 1 N–H and O–H groups in total. The van der Waals surface area contributed by atoms with Gasteiger partial charge in [0.1, 0.15) is 11.5 Å². The van der Waals surface area contributed by atoms with Gasteiger partial charge < -0.3 is 14.5 Å². The lowest BCUT2D eigenvalue weighted by atomic mass is 10.1. The molecule has 1 aromatic heterocycles. The third-order valence-corrected chi connectivity index (χ3v) is 4.01. The number of hydrogen-bond acceptors (Lipinski definition) is 4. The van der Waals surface area contributed by atoms with Crippen LogP contribution in [-0.2, 0) is 17.8 Å². The third-order valence-electron chi connectivity index (χ3n) is 4.01. The lowest BCUT2D eigenvalue weighted by Crippen LogP contribution is -2.36. The van der Waals surface area contributed by atoms with Crippen LogP contribution in [0.15, 0.2) is 10.5 Å². The molecule has 0 radical (unpaired) electrons. The quantitative estimate of drug-likeness (QED) is 0.679. The maximum Gasteiger partial charge on any atom is 0.120 e. The average molecular weight is 296 g/mol. The van der Waals surface area contributed by atoms with Crippen molar-refractivity contribution in [3.63, 3.8) is 0 Å². The highest BCUT2D eigenvalue weighted by Crippen LogP contribution is 2.19. The van der Waals surface area contributed by atoms with Gasteiger partial charge in [0.15, 0.2) is 0 Å². The van der Waals surface area contributed by atoms with Crippen LogP contribution < -0.4 is 5.32 Å². The molecular formula is C17H32N2O2. The number of aryl methyl sites for hydroxylation is 1. The first kappa shape index (κ1) is 18.2. The smallest absolute Gasteiger partial charge is 0.120 e. The van der Waals surface area contributed by atoms with Crippen LogP contribution in [0.3, 0.4) is 0 Å². The SMILES string of the molecule is CCNCc1oc(CN(CCOC)C(CC)CC)cc1C. The van der Waals surface area contributed by atoms with Gasteiger partial charge in [0, 0.05) is 19.7 Å². The Kier molecular flexibility index (Phi) is 8.66. The summed E-state index contributed by atoms with van der Waals surface area (Å²) in [6.07, 6.45) is 2.31. The number of nitrogens with zero attached hydrogens (tertiary/aromatic N) is 1. The fourth-order valence-electron chi connectivity index (χ4n) is 2.69. The lowest BCUT2D eigenvalue weighted by molar-refractivity contribution is 0.104. The zero-order valence-electron chi connectivity index (χ0n) is 14.4. The van der Waals surface area contributed by atoms with Crippen LogP contribution in [0.5, 0.6) is 0 Å². The maximum atomic E-state index is 6.02. The molecule has 0 saturated carbocycles. The monoisotopic (exact) mass is 296 g/mol. The van der Waals surface area contributed by atoms with Crippen LogP contribution in [-0.4, -0.2) is 37.7 Å². The molecule has 0 aliphatic carbocycles. The van der Waals surface area contributed by atoms with Gasteiger partial charge in [-0.1, -0.05) is 20.8 Å². The van der Waals surface area contributed by atoms with E-state index in [1.54, 1.807) is 7.11 Å². The first-order chi connectivity index (χ1) is 10.2. The highest BCUT2D eigenvalue weighted by molar-refractivity contribution is 5.20. The number of methoxy groups -OCH3 is 1. The van der Waals surface area contributed by atoms with Gasteiger partial charge in [0.05, 0.1) is 19.7 Å². The van der Waals surface area contributed by atoms with Crippen molar-refractivity contribution in [1.29, 1.82) is 0 Å². The second-order valence-corrected chi connectivity index (χ2v) is 5.53. The minimum atomic E-state index is 0.586. The standard InChI is InChI=1S/C17H32N2O2/c1-6-15(7-2)19(9-10-20-5)13-16-11-14(4)17(21-16)12-18-8-3/h11,15,18H,6-10,12-13H2,1-5H3. The van der Waals surface area contributed by atoms with Gasteiger partial charge >= 0.3 is 0 Å². The molecule has 1 aromatic rings. The summed E-state index contributed by atoms with van der Waals surface area (Å²) in [6.45, 7) is 13.1. The summed E-state index contributed by atoms with van der Waals surface area (Å²) in [5.41, 5.74) is 1.24. The zero-order chi connectivity index (χ0) is 15.7. The lowest BCUT2D eigenvalue weighted by Gasteiger charge is -2.29. The van der Waals surface area contributed by atoms with Gasteiger partial charge in [0.25, 0.3) is 0 Å². The van der Waals surface area contributed by atoms with Gasteiger partial charge in [-0.3, -0.25) is 4.90 Å². The van der Waals surface area contributed by atoms with E-state index in [2.05, 4.69) is 44.0 Å². The average Bonchev–Trinajstić information content (AvgIpc) is 2.83. The Morgan fingerprint density at radius 2 is 2.00 bits per heavy atom.